The number of phenolic OH excluding ortho intramolecular Hbond substituents is 1. The van der Waals surface area contributed by atoms with E-state index in [1.165, 1.54) is 16.6 Å². The Balaban J connectivity index is 0.000000220. The molecule has 0 saturated carbocycles. The third-order valence-electron chi connectivity index (χ3n) is 3.75. The molecule has 0 aliphatic heterocycles. The van der Waals surface area contributed by atoms with Gasteiger partial charge < -0.3 is 5.11 Å². The molecule has 1 aromatic heterocycles. The number of benzene rings is 2. The second-order valence-corrected chi connectivity index (χ2v) is 7.97. The zero-order chi connectivity index (χ0) is 22.8. The van der Waals surface area contributed by atoms with Crippen LogP contribution in [0.5, 0.6) is 5.75 Å². The predicted molar refractivity (Wildman–Crippen MR) is 112 cm³/mol. The van der Waals surface area contributed by atoms with E-state index in [2.05, 4.69) is 47.4 Å². The monoisotopic (exact) mass is 492 g/mol. The van der Waals surface area contributed by atoms with Crippen LogP contribution < -0.4 is 0 Å². The SMILES string of the molecule is O=[N+]([O-])c1cc([N+](=O)[O-])c(O)c([N+](=O)[O-])c1.c1ccc(C[Se]Cc2ccccn2)cc1. The van der Waals surface area contributed by atoms with Crippen molar-refractivity contribution in [3.8, 4) is 5.75 Å². The molecule has 160 valence electrons. The van der Waals surface area contributed by atoms with Crippen LogP contribution in [0.2, 0.25) is 0 Å². The van der Waals surface area contributed by atoms with Crippen LogP contribution >= 0.6 is 0 Å². The molecule has 1 heterocycles. The van der Waals surface area contributed by atoms with E-state index in [4.69, 9.17) is 5.11 Å². The third-order valence-corrected chi connectivity index (χ3v) is 5.92. The fourth-order valence-electron chi connectivity index (χ4n) is 2.30. The van der Waals surface area contributed by atoms with Crippen molar-refractivity contribution in [3.63, 3.8) is 0 Å². The molecule has 0 spiro atoms. The molecule has 1 N–H and O–H groups in total. The van der Waals surface area contributed by atoms with E-state index >= 15 is 0 Å². The molecule has 11 nitrogen and oxygen atoms in total. The van der Waals surface area contributed by atoms with Gasteiger partial charge in [-0.1, -0.05) is 0 Å². The summed E-state index contributed by atoms with van der Waals surface area (Å²) in [6.07, 6.45) is 1.87. The minimum absolute atomic E-state index is 0.447. The summed E-state index contributed by atoms with van der Waals surface area (Å²) >= 11 is 0.621. The van der Waals surface area contributed by atoms with E-state index in [-0.39, 0.29) is 0 Å². The zero-order valence-electron chi connectivity index (χ0n) is 15.9. The first kappa shape index (κ1) is 23.4. The Hall–Kier alpha value is -3.89. The molecule has 3 rings (SSSR count). The van der Waals surface area contributed by atoms with E-state index in [1.807, 2.05) is 12.3 Å². The van der Waals surface area contributed by atoms with Crippen molar-refractivity contribution in [2.75, 3.05) is 0 Å². The standard InChI is InChI=1S/C13H13NSe.C6H3N3O7/c1-2-6-12(7-3-1)10-15-11-13-8-4-5-9-14-13;10-6-4(8(13)14)1-3(7(11)12)2-5(6)9(15)16/h1-9H,10-11H2;1-2,10H. The van der Waals surface area contributed by atoms with Crippen molar-refractivity contribution >= 4 is 32.0 Å². The van der Waals surface area contributed by atoms with Crippen molar-refractivity contribution in [1.29, 1.82) is 0 Å². The van der Waals surface area contributed by atoms with Gasteiger partial charge in [0.1, 0.15) is 0 Å². The number of pyridine rings is 1. The maximum atomic E-state index is 10.4. The number of nitrogens with zero attached hydrogens (tertiary/aromatic N) is 4. The van der Waals surface area contributed by atoms with Gasteiger partial charge in [0.05, 0.1) is 26.9 Å². The number of rotatable bonds is 7. The minimum atomic E-state index is -1.21. The number of hydrogen-bond donors (Lipinski definition) is 1. The van der Waals surface area contributed by atoms with Gasteiger partial charge in [0.25, 0.3) is 11.4 Å². The molecule has 0 amide bonds. The van der Waals surface area contributed by atoms with Gasteiger partial charge in [0, 0.05) is 0 Å². The Morgan fingerprint density at radius 2 is 1.39 bits per heavy atom. The van der Waals surface area contributed by atoms with Crippen LogP contribution in [0.25, 0.3) is 0 Å². The number of aromatic nitrogens is 1. The third kappa shape index (κ3) is 7.14. The van der Waals surface area contributed by atoms with E-state index in [1.54, 1.807) is 0 Å². The van der Waals surface area contributed by atoms with Gasteiger partial charge in [-0.05, 0) is 0 Å². The average molecular weight is 491 g/mol. The second-order valence-electron chi connectivity index (χ2n) is 5.90. The van der Waals surface area contributed by atoms with Crippen LogP contribution in [-0.4, -0.2) is 39.8 Å². The van der Waals surface area contributed by atoms with Crippen LogP contribution in [0.1, 0.15) is 11.3 Å². The molecule has 0 bridgehead atoms. The summed E-state index contributed by atoms with van der Waals surface area (Å²) in [6, 6.07) is 17.7. The van der Waals surface area contributed by atoms with E-state index < -0.39 is 37.6 Å². The van der Waals surface area contributed by atoms with Crippen LogP contribution in [0.15, 0.2) is 66.9 Å². The molecule has 0 saturated heterocycles. The molecule has 12 heteroatoms. The van der Waals surface area contributed by atoms with Gasteiger partial charge in [-0.25, -0.2) is 0 Å². The van der Waals surface area contributed by atoms with Gasteiger partial charge in [0.2, 0.25) is 0 Å². The fourth-order valence-corrected chi connectivity index (χ4v) is 4.21. The summed E-state index contributed by atoms with van der Waals surface area (Å²) in [5.41, 5.74) is -0.347. The van der Waals surface area contributed by atoms with Gasteiger partial charge in [-0.3, -0.25) is 30.3 Å². The van der Waals surface area contributed by atoms with E-state index in [0.717, 1.165) is 5.32 Å². The van der Waals surface area contributed by atoms with Gasteiger partial charge in [-0.2, -0.15) is 0 Å². The summed E-state index contributed by atoms with van der Waals surface area (Å²) in [5.74, 6) is -1.21. The maximum absolute atomic E-state index is 10.4. The number of hydrogen-bond acceptors (Lipinski definition) is 8. The number of non-ortho nitro benzene ring substituents is 1. The predicted octanol–water partition coefficient (Wildman–Crippen LogP) is 3.60. The molecule has 3 aromatic rings. The molecular formula is C19H16N4O7Se. The number of nitro benzene ring substituents is 3. The molecule has 0 aliphatic rings. The molecule has 0 unspecified atom stereocenters. The van der Waals surface area contributed by atoms with Crippen molar-refractivity contribution in [2.45, 2.75) is 10.6 Å². The summed E-state index contributed by atoms with van der Waals surface area (Å²) in [4.78, 5) is 32.1. The molecular weight excluding hydrogens is 475 g/mol. The molecule has 0 radical (unpaired) electrons. The number of nitro groups is 3. The first-order chi connectivity index (χ1) is 14.8. The van der Waals surface area contributed by atoms with Gasteiger partial charge in [0.15, 0.2) is 0 Å². The van der Waals surface area contributed by atoms with Crippen LogP contribution in [0, 0.1) is 30.3 Å². The Labute approximate surface area is 182 Å². The van der Waals surface area contributed by atoms with E-state index in [9.17, 15) is 30.3 Å². The van der Waals surface area contributed by atoms with Crippen LogP contribution in [0.3, 0.4) is 0 Å². The van der Waals surface area contributed by atoms with Crippen molar-refractivity contribution in [3.05, 3.63) is 108 Å². The van der Waals surface area contributed by atoms with Gasteiger partial charge >= 0.3 is 108 Å². The molecule has 31 heavy (non-hydrogen) atoms. The Bertz CT molecular complexity index is 991. The molecule has 0 atom stereocenters. The summed E-state index contributed by atoms with van der Waals surface area (Å²) in [7, 11) is 0. The first-order valence-corrected chi connectivity index (χ1v) is 11.0. The Morgan fingerprint density at radius 1 is 0.806 bits per heavy atom. The Morgan fingerprint density at radius 3 is 1.87 bits per heavy atom. The second kappa shape index (κ2) is 11.3. The summed E-state index contributed by atoms with van der Waals surface area (Å²) < 4.78 is 0. The molecule has 2 aromatic carbocycles. The Kier molecular flexibility index (Phi) is 8.55. The van der Waals surface area contributed by atoms with Crippen molar-refractivity contribution in [2.24, 2.45) is 0 Å². The summed E-state index contributed by atoms with van der Waals surface area (Å²) in [6.45, 7) is 0. The zero-order valence-corrected chi connectivity index (χ0v) is 17.6. The van der Waals surface area contributed by atoms with Crippen molar-refractivity contribution < 1.29 is 19.9 Å². The van der Waals surface area contributed by atoms with E-state index in [0.29, 0.717) is 27.1 Å². The number of aromatic hydroxyl groups is 1. The van der Waals surface area contributed by atoms with Crippen molar-refractivity contribution in [1.82, 2.24) is 4.98 Å². The molecule has 0 aliphatic carbocycles. The van der Waals surface area contributed by atoms with Crippen LogP contribution in [-0.2, 0) is 10.6 Å². The quantitative estimate of drug-likeness (QED) is 0.298. The topological polar surface area (TPSA) is 163 Å². The van der Waals surface area contributed by atoms with Crippen LogP contribution in [0.4, 0.5) is 17.1 Å². The summed E-state index contributed by atoms with van der Waals surface area (Å²) in [5, 5.41) is 42.5. The van der Waals surface area contributed by atoms with Gasteiger partial charge in [-0.15, -0.1) is 0 Å². The normalized spacial score (nSPS) is 9.94. The fraction of sp³-hybridized carbons (Fsp3) is 0.105. The average Bonchev–Trinajstić information content (AvgIpc) is 2.75. The first-order valence-electron chi connectivity index (χ1n) is 8.61. The number of phenols is 1. The molecule has 0 fully saturated rings.